The maximum Gasteiger partial charge on any atom is 0.237 e. The fourth-order valence-corrected chi connectivity index (χ4v) is 1.85. The van der Waals surface area contributed by atoms with Crippen LogP contribution in [0.4, 0.5) is 5.69 Å². The third-order valence-corrected chi connectivity index (χ3v) is 2.74. The van der Waals surface area contributed by atoms with Crippen LogP contribution in [0.1, 0.15) is 24.5 Å². The molecule has 15 heavy (non-hydrogen) atoms. The standard InChI is InChI=1S/C11H16N2O2/c1-14-11-9(12)2-3-10(13-11)8-4-6-15-7-5-8/h2-3,8H,4-7,12H2,1H3. The van der Waals surface area contributed by atoms with Gasteiger partial charge in [0.05, 0.1) is 12.8 Å². The average molecular weight is 208 g/mol. The molecule has 1 aliphatic heterocycles. The number of ether oxygens (including phenoxy) is 2. The van der Waals surface area contributed by atoms with Crippen LogP contribution in [0.3, 0.4) is 0 Å². The van der Waals surface area contributed by atoms with E-state index < -0.39 is 0 Å². The fraction of sp³-hybridized carbons (Fsp3) is 0.545. The van der Waals surface area contributed by atoms with Crippen LogP contribution in [0.25, 0.3) is 0 Å². The number of pyridine rings is 1. The topological polar surface area (TPSA) is 57.4 Å². The molecular formula is C11H16N2O2. The van der Waals surface area contributed by atoms with Crippen molar-refractivity contribution in [2.75, 3.05) is 26.1 Å². The van der Waals surface area contributed by atoms with E-state index in [4.69, 9.17) is 15.2 Å². The Balaban J connectivity index is 2.20. The third kappa shape index (κ3) is 2.21. The van der Waals surface area contributed by atoms with E-state index in [-0.39, 0.29) is 0 Å². The van der Waals surface area contributed by atoms with E-state index in [9.17, 15) is 0 Å². The molecule has 2 rings (SSSR count). The highest BCUT2D eigenvalue weighted by molar-refractivity contribution is 5.48. The van der Waals surface area contributed by atoms with Crippen molar-refractivity contribution in [3.05, 3.63) is 17.8 Å². The number of hydrogen-bond donors (Lipinski definition) is 1. The molecule has 2 heterocycles. The summed E-state index contributed by atoms with van der Waals surface area (Å²) in [4.78, 5) is 4.41. The number of anilines is 1. The lowest BCUT2D eigenvalue weighted by Crippen LogP contribution is -2.15. The number of nitrogen functional groups attached to an aromatic ring is 1. The summed E-state index contributed by atoms with van der Waals surface area (Å²) in [7, 11) is 1.59. The van der Waals surface area contributed by atoms with E-state index in [0.717, 1.165) is 31.7 Å². The Morgan fingerprint density at radius 2 is 2.13 bits per heavy atom. The minimum absolute atomic E-state index is 0.480. The summed E-state index contributed by atoms with van der Waals surface area (Å²) < 4.78 is 10.4. The lowest BCUT2D eigenvalue weighted by molar-refractivity contribution is 0.0844. The Labute approximate surface area is 89.4 Å². The Hall–Kier alpha value is -1.29. The summed E-state index contributed by atoms with van der Waals surface area (Å²) >= 11 is 0. The van der Waals surface area contributed by atoms with Crippen LogP contribution in [0, 0.1) is 0 Å². The van der Waals surface area contributed by atoms with Crippen molar-refractivity contribution >= 4 is 5.69 Å². The van der Waals surface area contributed by atoms with Gasteiger partial charge in [0.15, 0.2) is 0 Å². The lowest BCUT2D eigenvalue weighted by Gasteiger charge is -2.21. The number of nitrogens with two attached hydrogens (primary N) is 1. The fourth-order valence-electron chi connectivity index (χ4n) is 1.85. The predicted molar refractivity (Wildman–Crippen MR) is 58.0 cm³/mol. The van der Waals surface area contributed by atoms with Crippen LogP contribution < -0.4 is 10.5 Å². The Morgan fingerprint density at radius 3 is 2.80 bits per heavy atom. The second kappa shape index (κ2) is 4.49. The molecule has 0 amide bonds. The molecule has 1 aromatic rings. The van der Waals surface area contributed by atoms with Crippen LogP contribution in [-0.4, -0.2) is 25.3 Å². The van der Waals surface area contributed by atoms with Crippen molar-refractivity contribution in [3.63, 3.8) is 0 Å². The van der Waals surface area contributed by atoms with E-state index in [2.05, 4.69) is 4.98 Å². The summed E-state index contributed by atoms with van der Waals surface area (Å²) in [6, 6.07) is 3.84. The lowest BCUT2D eigenvalue weighted by atomic mass is 9.96. The van der Waals surface area contributed by atoms with Crippen molar-refractivity contribution < 1.29 is 9.47 Å². The van der Waals surface area contributed by atoms with Gasteiger partial charge in [-0.15, -0.1) is 0 Å². The van der Waals surface area contributed by atoms with E-state index >= 15 is 0 Å². The second-order valence-corrected chi connectivity index (χ2v) is 3.72. The number of aromatic nitrogens is 1. The van der Waals surface area contributed by atoms with Gasteiger partial charge in [-0.05, 0) is 25.0 Å². The van der Waals surface area contributed by atoms with Crippen LogP contribution in [0.5, 0.6) is 5.88 Å². The highest BCUT2D eigenvalue weighted by atomic mass is 16.5. The molecule has 82 valence electrons. The molecule has 1 aromatic heterocycles. The average Bonchev–Trinajstić information content (AvgIpc) is 2.31. The summed E-state index contributed by atoms with van der Waals surface area (Å²) in [6.45, 7) is 1.64. The molecule has 4 nitrogen and oxygen atoms in total. The molecule has 0 atom stereocenters. The minimum atomic E-state index is 0.480. The number of methoxy groups -OCH3 is 1. The van der Waals surface area contributed by atoms with E-state index in [0.29, 0.717) is 17.5 Å². The van der Waals surface area contributed by atoms with Crippen molar-refractivity contribution in [3.8, 4) is 5.88 Å². The summed E-state index contributed by atoms with van der Waals surface area (Å²) in [5.41, 5.74) is 7.37. The van der Waals surface area contributed by atoms with Gasteiger partial charge < -0.3 is 15.2 Å². The monoisotopic (exact) mass is 208 g/mol. The van der Waals surface area contributed by atoms with Crippen molar-refractivity contribution in [1.82, 2.24) is 4.98 Å². The Kier molecular flexibility index (Phi) is 3.06. The van der Waals surface area contributed by atoms with E-state index in [1.54, 1.807) is 7.11 Å². The van der Waals surface area contributed by atoms with E-state index in [1.807, 2.05) is 12.1 Å². The maximum absolute atomic E-state index is 5.72. The van der Waals surface area contributed by atoms with Crippen LogP contribution >= 0.6 is 0 Å². The van der Waals surface area contributed by atoms with Gasteiger partial charge >= 0.3 is 0 Å². The number of nitrogens with zero attached hydrogens (tertiary/aromatic N) is 1. The molecule has 1 fully saturated rings. The van der Waals surface area contributed by atoms with Gasteiger partial charge in [0.2, 0.25) is 5.88 Å². The molecule has 0 unspecified atom stereocenters. The third-order valence-electron chi connectivity index (χ3n) is 2.74. The van der Waals surface area contributed by atoms with Gasteiger partial charge in [-0.2, -0.15) is 0 Å². The van der Waals surface area contributed by atoms with Crippen LogP contribution in [0.15, 0.2) is 12.1 Å². The largest absolute Gasteiger partial charge is 0.480 e. The molecule has 0 saturated carbocycles. The molecule has 0 spiro atoms. The first-order chi connectivity index (χ1) is 7.31. The zero-order valence-corrected chi connectivity index (χ0v) is 8.90. The van der Waals surface area contributed by atoms with Crippen molar-refractivity contribution in [2.45, 2.75) is 18.8 Å². The molecule has 0 aliphatic carbocycles. The van der Waals surface area contributed by atoms with Gasteiger partial charge in [-0.1, -0.05) is 0 Å². The molecular weight excluding hydrogens is 192 g/mol. The van der Waals surface area contributed by atoms with Gasteiger partial charge in [-0.25, -0.2) is 4.98 Å². The minimum Gasteiger partial charge on any atom is -0.480 e. The molecule has 1 aliphatic rings. The summed E-state index contributed by atoms with van der Waals surface area (Å²) in [6.07, 6.45) is 2.06. The zero-order chi connectivity index (χ0) is 10.7. The Morgan fingerprint density at radius 1 is 1.40 bits per heavy atom. The van der Waals surface area contributed by atoms with Gasteiger partial charge in [-0.3, -0.25) is 0 Å². The van der Waals surface area contributed by atoms with Gasteiger partial charge in [0.1, 0.15) is 0 Å². The van der Waals surface area contributed by atoms with Gasteiger partial charge in [0, 0.05) is 24.8 Å². The first-order valence-electron chi connectivity index (χ1n) is 5.19. The van der Waals surface area contributed by atoms with Crippen molar-refractivity contribution in [2.24, 2.45) is 0 Å². The number of hydrogen-bond acceptors (Lipinski definition) is 4. The number of rotatable bonds is 2. The normalized spacial score (nSPS) is 17.7. The maximum atomic E-state index is 5.72. The SMILES string of the molecule is COc1nc(C2CCOCC2)ccc1N. The Bertz CT molecular complexity index is 335. The molecule has 2 N–H and O–H groups in total. The summed E-state index contributed by atoms with van der Waals surface area (Å²) in [5, 5.41) is 0. The van der Waals surface area contributed by atoms with Crippen LogP contribution in [-0.2, 0) is 4.74 Å². The zero-order valence-electron chi connectivity index (χ0n) is 8.90. The first kappa shape index (κ1) is 10.2. The molecule has 0 radical (unpaired) electrons. The first-order valence-corrected chi connectivity index (χ1v) is 5.19. The quantitative estimate of drug-likeness (QED) is 0.801. The molecule has 0 bridgehead atoms. The van der Waals surface area contributed by atoms with Crippen molar-refractivity contribution in [1.29, 1.82) is 0 Å². The highest BCUT2D eigenvalue weighted by Crippen LogP contribution is 2.28. The smallest absolute Gasteiger partial charge is 0.237 e. The molecule has 0 aromatic carbocycles. The van der Waals surface area contributed by atoms with Crippen LogP contribution in [0.2, 0.25) is 0 Å². The molecule has 4 heteroatoms. The highest BCUT2D eigenvalue weighted by Gasteiger charge is 2.18. The summed E-state index contributed by atoms with van der Waals surface area (Å²) in [5.74, 6) is 1.01. The second-order valence-electron chi connectivity index (χ2n) is 3.72. The van der Waals surface area contributed by atoms with Gasteiger partial charge in [0.25, 0.3) is 0 Å². The van der Waals surface area contributed by atoms with E-state index in [1.165, 1.54) is 0 Å². The predicted octanol–water partition coefficient (Wildman–Crippen LogP) is 1.57. The molecule has 1 saturated heterocycles.